The first kappa shape index (κ1) is 19.8. The summed E-state index contributed by atoms with van der Waals surface area (Å²) in [5, 5.41) is 2.80. The van der Waals surface area contributed by atoms with Gasteiger partial charge >= 0.3 is 5.69 Å². The summed E-state index contributed by atoms with van der Waals surface area (Å²) in [5.74, 6) is 0.488. The van der Waals surface area contributed by atoms with Crippen molar-refractivity contribution in [2.24, 2.45) is 14.1 Å². The molecule has 0 unspecified atom stereocenters. The van der Waals surface area contributed by atoms with Crippen LogP contribution >= 0.6 is 0 Å². The Morgan fingerprint density at radius 2 is 1.82 bits per heavy atom. The minimum absolute atomic E-state index is 0.0436. The van der Waals surface area contributed by atoms with Gasteiger partial charge in [0, 0.05) is 53.0 Å². The highest BCUT2D eigenvalue weighted by Gasteiger charge is 2.18. The van der Waals surface area contributed by atoms with Crippen molar-refractivity contribution in [2.75, 3.05) is 19.6 Å². The van der Waals surface area contributed by atoms with Gasteiger partial charge in [-0.2, -0.15) is 0 Å². The predicted octanol–water partition coefficient (Wildman–Crippen LogP) is -0.588. The van der Waals surface area contributed by atoms with E-state index >= 15 is 0 Å². The first-order chi connectivity index (χ1) is 13.4. The Morgan fingerprint density at radius 3 is 2.54 bits per heavy atom. The van der Waals surface area contributed by atoms with E-state index < -0.39 is 11.2 Å². The third kappa shape index (κ3) is 4.15. The fraction of sp³-hybridized carbons (Fsp3) is 0.611. The molecule has 1 saturated heterocycles. The van der Waals surface area contributed by atoms with E-state index in [1.165, 1.54) is 11.6 Å². The van der Waals surface area contributed by atoms with Crippen molar-refractivity contribution in [3.63, 3.8) is 0 Å². The number of aromatic amines is 1. The Morgan fingerprint density at radius 1 is 1.11 bits per heavy atom. The van der Waals surface area contributed by atoms with Crippen LogP contribution in [-0.4, -0.2) is 55.5 Å². The molecule has 0 radical (unpaired) electrons. The molecule has 2 aromatic rings. The molecule has 28 heavy (non-hydrogen) atoms. The number of nitrogens with zero attached hydrogens (tertiary/aromatic N) is 4. The first-order valence-electron chi connectivity index (χ1n) is 9.57. The Hall–Kier alpha value is -2.91. The van der Waals surface area contributed by atoms with E-state index in [4.69, 9.17) is 0 Å². The van der Waals surface area contributed by atoms with Crippen LogP contribution in [0, 0.1) is 0 Å². The SMILES string of the molecule is Cn1c(=O)c2[nH]c(CCCNC(=O)CCC(=O)N3CCCC3)nc2n(C)c1=O. The highest BCUT2D eigenvalue weighted by Crippen LogP contribution is 2.10. The molecule has 1 aliphatic heterocycles. The smallest absolute Gasteiger partial charge is 0.332 e. The van der Waals surface area contributed by atoms with Crippen LogP contribution in [0.15, 0.2) is 9.59 Å². The maximum absolute atomic E-state index is 12.1. The summed E-state index contributed by atoms with van der Waals surface area (Å²) in [6.07, 6.45) is 3.67. The molecule has 0 spiro atoms. The van der Waals surface area contributed by atoms with E-state index in [1.54, 1.807) is 7.05 Å². The lowest BCUT2D eigenvalue weighted by atomic mass is 10.2. The van der Waals surface area contributed by atoms with Crippen LogP contribution in [0.2, 0.25) is 0 Å². The highest BCUT2D eigenvalue weighted by atomic mass is 16.2. The molecule has 2 amide bonds. The number of hydrogen-bond acceptors (Lipinski definition) is 5. The summed E-state index contributed by atoms with van der Waals surface area (Å²) in [5.41, 5.74) is -0.212. The number of likely N-dealkylation sites (tertiary alicyclic amines) is 1. The maximum atomic E-state index is 12.1. The van der Waals surface area contributed by atoms with Crippen molar-refractivity contribution in [2.45, 2.75) is 38.5 Å². The van der Waals surface area contributed by atoms with Gasteiger partial charge in [0.1, 0.15) is 11.3 Å². The number of carbonyl (C=O) groups excluding carboxylic acids is 2. The normalized spacial score (nSPS) is 14.0. The van der Waals surface area contributed by atoms with E-state index in [1.807, 2.05) is 4.90 Å². The van der Waals surface area contributed by atoms with Crippen LogP contribution in [0.25, 0.3) is 11.2 Å². The molecular weight excluding hydrogens is 364 g/mol. The zero-order valence-electron chi connectivity index (χ0n) is 16.3. The second kappa shape index (κ2) is 8.41. The average molecular weight is 390 g/mol. The molecule has 3 heterocycles. The molecule has 0 atom stereocenters. The van der Waals surface area contributed by atoms with E-state index in [-0.39, 0.29) is 24.7 Å². The number of rotatable bonds is 7. The molecule has 10 heteroatoms. The molecule has 1 fully saturated rings. The van der Waals surface area contributed by atoms with Crippen molar-refractivity contribution < 1.29 is 9.59 Å². The summed E-state index contributed by atoms with van der Waals surface area (Å²) in [6, 6.07) is 0. The topological polar surface area (TPSA) is 122 Å². The van der Waals surface area contributed by atoms with E-state index in [9.17, 15) is 19.2 Å². The number of aryl methyl sites for hydroxylation is 2. The van der Waals surface area contributed by atoms with Crippen LogP contribution < -0.4 is 16.6 Å². The summed E-state index contributed by atoms with van der Waals surface area (Å²) in [4.78, 5) is 57.0. The third-order valence-electron chi connectivity index (χ3n) is 5.08. The molecule has 10 nitrogen and oxygen atoms in total. The van der Waals surface area contributed by atoms with Crippen LogP contribution in [0.1, 0.15) is 37.9 Å². The number of H-pyrrole nitrogens is 1. The fourth-order valence-electron chi connectivity index (χ4n) is 3.41. The molecule has 2 aromatic heterocycles. The lowest BCUT2D eigenvalue weighted by Crippen LogP contribution is -2.36. The van der Waals surface area contributed by atoms with Crippen molar-refractivity contribution >= 4 is 23.0 Å². The van der Waals surface area contributed by atoms with Gasteiger partial charge in [-0.3, -0.25) is 23.5 Å². The summed E-state index contributed by atoms with van der Waals surface area (Å²) >= 11 is 0. The van der Waals surface area contributed by atoms with E-state index in [2.05, 4.69) is 15.3 Å². The van der Waals surface area contributed by atoms with Crippen molar-refractivity contribution in [1.82, 2.24) is 29.3 Å². The minimum atomic E-state index is -0.425. The number of carbonyl (C=O) groups is 2. The molecule has 2 N–H and O–H groups in total. The summed E-state index contributed by atoms with van der Waals surface area (Å²) in [6.45, 7) is 2.05. The standard InChI is InChI=1S/C18H26N6O4/c1-22-16-15(17(27)23(2)18(22)28)20-12(21-16)6-5-9-19-13(25)7-8-14(26)24-10-3-4-11-24/h3-11H2,1-2H3,(H,19,25)(H,20,21). The van der Waals surface area contributed by atoms with Crippen LogP contribution in [0.4, 0.5) is 0 Å². The molecule has 0 aromatic carbocycles. The van der Waals surface area contributed by atoms with Crippen LogP contribution in [0.3, 0.4) is 0 Å². The minimum Gasteiger partial charge on any atom is -0.356 e. The van der Waals surface area contributed by atoms with Gasteiger partial charge in [0.25, 0.3) is 5.56 Å². The van der Waals surface area contributed by atoms with E-state index in [0.717, 1.165) is 30.5 Å². The zero-order chi connectivity index (χ0) is 20.3. The van der Waals surface area contributed by atoms with Gasteiger partial charge in [0.05, 0.1) is 0 Å². The summed E-state index contributed by atoms with van der Waals surface area (Å²) in [7, 11) is 2.99. The predicted molar refractivity (Wildman–Crippen MR) is 103 cm³/mol. The number of amides is 2. The second-order valence-electron chi connectivity index (χ2n) is 7.13. The quantitative estimate of drug-likeness (QED) is 0.612. The first-order valence-corrected chi connectivity index (χ1v) is 9.57. The monoisotopic (exact) mass is 390 g/mol. The zero-order valence-corrected chi connectivity index (χ0v) is 16.3. The van der Waals surface area contributed by atoms with Gasteiger partial charge in [-0.05, 0) is 19.3 Å². The summed E-state index contributed by atoms with van der Waals surface area (Å²) < 4.78 is 2.36. The third-order valence-corrected chi connectivity index (χ3v) is 5.08. The maximum Gasteiger partial charge on any atom is 0.332 e. The van der Waals surface area contributed by atoms with Crippen molar-refractivity contribution in [3.8, 4) is 0 Å². The van der Waals surface area contributed by atoms with Gasteiger partial charge < -0.3 is 15.2 Å². The Balaban J connectivity index is 1.46. The fourth-order valence-corrected chi connectivity index (χ4v) is 3.41. The van der Waals surface area contributed by atoms with Gasteiger partial charge in [0.2, 0.25) is 11.8 Å². The number of fused-ring (bicyclic) bond motifs is 1. The Bertz CT molecular complexity index is 996. The molecule has 3 rings (SSSR count). The molecule has 152 valence electrons. The van der Waals surface area contributed by atoms with Crippen molar-refractivity contribution in [3.05, 3.63) is 26.7 Å². The van der Waals surface area contributed by atoms with Gasteiger partial charge in [-0.25, -0.2) is 9.78 Å². The van der Waals surface area contributed by atoms with Gasteiger partial charge in [0.15, 0.2) is 5.65 Å². The molecule has 0 saturated carbocycles. The number of hydrogen-bond donors (Lipinski definition) is 2. The van der Waals surface area contributed by atoms with Crippen molar-refractivity contribution in [1.29, 1.82) is 0 Å². The molecule has 0 aliphatic carbocycles. The van der Waals surface area contributed by atoms with Crippen LogP contribution in [0.5, 0.6) is 0 Å². The van der Waals surface area contributed by atoms with Gasteiger partial charge in [-0.15, -0.1) is 0 Å². The van der Waals surface area contributed by atoms with Gasteiger partial charge in [-0.1, -0.05) is 0 Å². The Labute approximate surface area is 161 Å². The highest BCUT2D eigenvalue weighted by molar-refractivity contribution is 5.83. The average Bonchev–Trinajstić information content (AvgIpc) is 3.36. The second-order valence-corrected chi connectivity index (χ2v) is 7.13. The van der Waals surface area contributed by atoms with E-state index in [0.29, 0.717) is 36.4 Å². The Kier molecular flexibility index (Phi) is 5.96. The lowest BCUT2D eigenvalue weighted by molar-refractivity contribution is -0.132. The lowest BCUT2D eigenvalue weighted by Gasteiger charge is -2.14. The number of nitrogens with one attached hydrogen (secondary N) is 2. The number of imidazole rings is 1. The number of aromatic nitrogens is 4. The molecular formula is C18H26N6O4. The molecule has 0 bridgehead atoms. The largest absolute Gasteiger partial charge is 0.356 e. The molecule has 1 aliphatic rings. The van der Waals surface area contributed by atoms with Crippen LogP contribution in [-0.2, 0) is 30.1 Å².